The summed E-state index contributed by atoms with van der Waals surface area (Å²) in [5.41, 5.74) is 3.57. The van der Waals surface area contributed by atoms with Crippen LogP contribution < -0.4 is 10.1 Å². The lowest BCUT2D eigenvalue weighted by molar-refractivity contribution is 0.401. The molecule has 2 rings (SSSR count). The van der Waals surface area contributed by atoms with Gasteiger partial charge in [0.15, 0.2) is 0 Å². The number of rotatable bonds is 5. The molecule has 0 saturated heterocycles. The first kappa shape index (κ1) is 14.9. The molecule has 1 atom stereocenters. The lowest BCUT2D eigenvalue weighted by Crippen LogP contribution is -2.19. The van der Waals surface area contributed by atoms with Crippen molar-refractivity contribution in [2.45, 2.75) is 19.4 Å². The molecular weight excluding hydrogens is 270 g/mol. The number of nitrogens with one attached hydrogen (secondary N) is 1. The van der Waals surface area contributed by atoms with Crippen molar-refractivity contribution in [2.75, 3.05) is 14.2 Å². The van der Waals surface area contributed by atoms with Crippen molar-refractivity contribution < 1.29 is 4.74 Å². The Kier molecular flexibility index (Phi) is 5.05. The Labute approximate surface area is 125 Å². The van der Waals surface area contributed by atoms with Gasteiger partial charge in [-0.2, -0.15) is 0 Å². The molecule has 0 aliphatic rings. The van der Waals surface area contributed by atoms with Gasteiger partial charge in [0.25, 0.3) is 0 Å². The third-order valence-electron chi connectivity index (χ3n) is 3.44. The molecule has 0 saturated carbocycles. The van der Waals surface area contributed by atoms with E-state index in [0.29, 0.717) is 0 Å². The second-order valence-electron chi connectivity index (χ2n) is 4.92. The topological polar surface area (TPSA) is 21.3 Å². The first-order valence-electron chi connectivity index (χ1n) is 6.70. The highest BCUT2D eigenvalue weighted by molar-refractivity contribution is 6.30. The highest BCUT2D eigenvalue weighted by Gasteiger charge is 2.15. The lowest BCUT2D eigenvalue weighted by atomic mass is 9.97. The van der Waals surface area contributed by atoms with E-state index in [4.69, 9.17) is 16.3 Å². The molecule has 0 radical (unpaired) electrons. The number of methoxy groups -OCH3 is 1. The molecule has 3 heteroatoms. The summed E-state index contributed by atoms with van der Waals surface area (Å²) < 4.78 is 5.50. The van der Waals surface area contributed by atoms with E-state index in [9.17, 15) is 0 Å². The summed E-state index contributed by atoms with van der Waals surface area (Å²) in [5, 5.41) is 4.13. The lowest BCUT2D eigenvalue weighted by Gasteiger charge is -2.20. The molecule has 0 spiro atoms. The molecule has 20 heavy (non-hydrogen) atoms. The molecule has 0 amide bonds. The number of hydrogen-bond acceptors (Lipinski definition) is 2. The van der Waals surface area contributed by atoms with Crippen LogP contribution in [0.4, 0.5) is 0 Å². The Morgan fingerprint density at radius 1 is 1.20 bits per heavy atom. The van der Waals surface area contributed by atoms with E-state index in [1.807, 2.05) is 25.2 Å². The zero-order valence-corrected chi connectivity index (χ0v) is 12.9. The highest BCUT2D eigenvalue weighted by atomic mass is 35.5. The van der Waals surface area contributed by atoms with Crippen LogP contribution in [0.5, 0.6) is 5.75 Å². The second kappa shape index (κ2) is 6.78. The molecule has 1 N–H and O–H groups in total. The smallest absolute Gasteiger partial charge is 0.123 e. The maximum absolute atomic E-state index is 6.05. The molecule has 2 aromatic carbocycles. The van der Waals surface area contributed by atoms with Gasteiger partial charge in [0.05, 0.1) is 7.11 Å². The van der Waals surface area contributed by atoms with Crippen molar-refractivity contribution in [1.82, 2.24) is 5.32 Å². The van der Waals surface area contributed by atoms with E-state index in [2.05, 4.69) is 36.5 Å². The molecule has 0 aliphatic heterocycles. The van der Waals surface area contributed by atoms with Crippen molar-refractivity contribution in [2.24, 2.45) is 0 Å². The number of likely N-dealkylation sites (N-methyl/N-ethyl adjacent to an activating group) is 1. The van der Waals surface area contributed by atoms with Crippen LogP contribution in [0, 0.1) is 6.92 Å². The highest BCUT2D eigenvalue weighted by Crippen LogP contribution is 2.29. The summed E-state index contributed by atoms with van der Waals surface area (Å²) in [6, 6.07) is 14.5. The van der Waals surface area contributed by atoms with E-state index < -0.39 is 0 Å². The van der Waals surface area contributed by atoms with Gasteiger partial charge in [0.2, 0.25) is 0 Å². The van der Waals surface area contributed by atoms with E-state index in [0.717, 1.165) is 17.2 Å². The van der Waals surface area contributed by atoms with Crippen LogP contribution in [0.15, 0.2) is 42.5 Å². The minimum Gasteiger partial charge on any atom is -0.496 e. The first-order chi connectivity index (χ1) is 9.63. The Bertz CT molecular complexity index is 583. The number of halogens is 1. The summed E-state index contributed by atoms with van der Waals surface area (Å²) in [7, 11) is 3.68. The molecule has 0 bridgehead atoms. The van der Waals surface area contributed by atoms with Crippen LogP contribution in [0.3, 0.4) is 0 Å². The Morgan fingerprint density at radius 2 is 2.00 bits per heavy atom. The number of aryl methyl sites for hydroxylation is 1. The minimum atomic E-state index is 0.198. The summed E-state index contributed by atoms with van der Waals surface area (Å²) in [6.45, 7) is 2.07. The summed E-state index contributed by atoms with van der Waals surface area (Å²) in [4.78, 5) is 0. The quantitative estimate of drug-likeness (QED) is 0.892. The summed E-state index contributed by atoms with van der Waals surface area (Å²) in [5.74, 6) is 0.923. The van der Waals surface area contributed by atoms with Gasteiger partial charge >= 0.3 is 0 Å². The zero-order valence-electron chi connectivity index (χ0n) is 12.1. The van der Waals surface area contributed by atoms with Gasteiger partial charge in [-0.3, -0.25) is 0 Å². The van der Waals surface area contributed by atoms with Crippen LogP contribution in [0.1, 0.15) is 22.7 Å². The molecule has 2 aromatic rings. The van der Waals surface area contributed by atoms with Gasteiger partial charge in [-0.15, -0.1) is 0 Å². The third kappa shape index (κ3) is 3.53. The van der Waals surface area contributed by atoms with Crippen LogP contribution in [0.25, 0.3) is 0 Å². The number of ether oxygens (including phenoxy) is 1. The van der Waals surface area contributed by atoms with Crippen LogP contribution in [-0.2, 0) is 6.42 Å². The summed E-state index contributed by atoms with van der Waals surface area (Å²) in [6.07, 6.45) is 0.872. The van der Waals surface area contributed by atoms with Gasteiger partial charge in [0, 0.05) is 16.6 Å². The Morgan fingerprint density at radius 3 is 2.65 bits per heavy atom. The fourth-order valence-electron chi connectivity index (χ4n) is 2.37. The van der Waals surface area contributed by atoms with Crippen molar-refractivity contribution in [1.29, 1.82) is 0 Å². The molecule has 106 valence electrons. The van der Waals surface area contributed by atoms with Crippen molar-refractivity contribution in [3.05, 3.63) is 64.2 Å². The van der Waals surface area contributed by atoms with E-state index in [1.165, 1.54) is 16.7 Å². The van der Waals surface area contributed by atoms with Gasteiger partial charge in [-0.25, -0.2) is 0 Å². The summed E-state index contributed by atoms with van der Waals surface area (Å²) >= 11 is 6.05. The molecule has 0 heterocycles. The maximum Gasteiger partial charge on any atom is 0.123 e. The fraction of sp³-hybridized carbons (Fsp3) is 0.294. The average molecular weight is 290 g/mol. The molecule has 2 nitrogen and oxygen atoms in total. The number of hydrogen-bond donors (Lipinski definition) is 1. The van der Waals surface area contributed by atoms with E-state index >= 15 is 0 Å². The maximum atomic E-state index is 6.05. The van der Waals surface area contributed by atoms with Crippen LogP contribution in [0.2, 0.25) is 5.02 Å². The SMILES string of the molecule is CNC(Cc1cccc(Cl)c1)c1ccc(C)cc1OC. The van der Waals surface area contributed by atoms with Crippen molar-refractivity contribution in [3.63, 3.8) is 0 Å². The fourth-order valence-corrected chi connectivity index (χ4v) is 2.59. The predicted octanol–water partition coefficient (Wildman–Crippen LogP) is 4.16. The molecule has 0 fully saturated rings. The molecular formula is C17H20ClNO. The van der Waals surface area contributed by atoms with Crippen LogP contribution >= 0.6 is 11.6 Å². The standard InChI is InChI=1S/C17H20ClNO/c1-12-7-8-15(17(9-12)20-3)16(19-2)11-13-5-4-6-14(18)10-13/h4-10,16,19H,11H2,1-3H3. The molecule has 1 unspecified atom stereocenters. The van der Waals surface area contributed by atoms with E-state index in [-0.39, 0.29) is 6.04 Å². The van der Waals surface area contributed by atoms with E-state index in [1.54, 1.807) is 7.11 Å². The number of benzene rings is 2. The van der Waals surface area contributed by atoms with Gasteiger partial charge in [-0.05, 0) is 49.7 Å². The van der Waals surface area contributed by atoms with Gasteiger partial charge < -0.3 is 10.1 Å². The first-order valence-corrected chi connectivity index (χ1v) is 7.08. The largest absolute Gasteiger partial charge is 0.496 e. The monoisotopic (exact) mass is 289 g/mol. The van der Waals surface area contributed by atoms with Crippen LogP contribution in [-0.4, -0.2) is 14.2 Å². The average Bonchev–Trinajstić information content (AvgIpc) is 2.45. The predicted molar refractivity (Wildman–Crippen MR) is 84.7 cm³/mol. The second-order valence-corrected chi connectivity index (χ2v) is 5.36. The third-order valence-corrected chi connectivity index (χ3v) is 3.68. The normalized spacial score (nSPS) is 12.2. The van der Waals surface area contributed by atoms with Gasteiger partial charge in [0.1, 0.15) is 5.75 Å². The van der Waals surface area contributed by atoms with Crippen molar-refractivity contribution in [3.8, 4) is 5.75 Å². The Balaban J connectivity index is 2.28. The van der Waals surface area contributed by atoms with Gasteiger partial charge in [-0.1, -0.05) is 35.9 Å². The minimum absolute atomic E-state index is 0.198. The van der Waals surface area contributed by atoms with Crippen molar-refractivity contribution >= 4 is 11.6 Å². The molecule has 0 aromatic heterocycles. The Hall–Kier alpha value is -1.51. The molecule has 0 aliphatic carbocycles. The zero-order chi connectivity index (χ0) is 14.5.